The molecule has 2 N–H and O–H groups in total. The number of hydrogen-bond acceptors (Lipinski definition) is 3. The van der Waals surface area contributed by atoms with E-state index in [4.69, 9.17) is 17.3 Å². The Morgan fingerprint density at radius 1 is 1.28 bits per heavy atom. The smallest absolute Gasteiger partial charge is 0.104 e. The second-order valence-corrected chi connectivity index (χ2v) is 5.11. The van der Waals surface area contributed by atoms with Crippen molar-refractivity contribution in [1.82, 2.24) is 15.0 Å². The first-order chi connectivity index (χ1) is 8.61. The average Bonchev–Trinajstić information content (AvgIpc) is 2.72. The fourth-order valence-corrected chi connectivity index (χ4v) is 2.01. The van der Waals surface area contributed by atoms with Gasteiger partial charge < -0.3 is 5.73 Å². The van der Waals surface area contributed by atoms with E-state index in [1.165, 1.54) is 0 Å². The van der Waals surface area contributed by atoms with Crippen LogP contribution in [0, 0.1) is 5.92 Å². The maximum absolute atomic E-state index is 5.91. The van der Waals surface area contributed by atoms with E-state index in [1.54, 1.807) is 0 Å². The van der Waals surface area contributed by atoms with Gasteiger partial charge in [-0.05, 0) is 18.1 Å². The highest BCUT2D eigenvalue weighted by Gasteiger charge is 2.14. The van der Waals surface area contributed by atoms with Gasteiger partial charge in [0.2, 0.25) is 0 Å². The van der Waals surface area contributed by atoms with Crippen LogP contribution in [0.5, 0.6) is 0 Å². The number of rotatable bonds is 4. The molecular weight excluding hydrogens is 248 g/mol. The summed E-state index contributed by atoms with van der Waals surface area (Å²) in [6, 6.07) is 7.67. The summed E-state index contributed by atoms with van der Waals surface area (Å²) in [6.45, 7) is 5.51. The molecule has 0 amide bonds. The normalized spacial score (nSPS) is 11.2. The Labute approximate surface area is 112 Å². The van der Waals surface area contributed by atoms with Crippen molar-refractivity contribution in [3.63, 3.8) is 0 Å². The molecule has 0 aliphatic rings. The molecule has 5 heteroatoms. The molecule has 0 aliphatic carbocycles. The zero-order chi connectivity index (χ0) is 13.1. The fourth-order valence-electron chi connectivity index (χ4n) is 1.88. The summed E-state index contributed by atoms with van der Waals surface area (Å²) < 4.78 is 1.91. The van der Waals surface area contributed by atoms with E-state index in [0.29, 0.717) is 12.5 Å². The minimum Gasteiger partial charge on any atom is -0.325 e. The highest BCUT2D eigenvalue weighted by molar-refractivity contribution is 6.30. The van der Waals surface area contributed by atoms with Crippen molar-refractivity contribution < 1.29 is 0 Å². The van der Waals surface area contributed by atoms with E-state index in [-0.39, 0.29) is 0 Å². The molecule has 2 aromatic rings. The predicted octanol–water partition coefficient (Wildman–Crippen LogP) is 2.71. The summed E-state index contributed by atoms with van der Waals surface area (Å²) in [6.07, 6.45) is 0. The zero-order valence-electron chi connectivity index (χ0n) is 10.6. The molecule has 0 bridgehead atoms. The second-order valence-electron chi connectivity index (χ2n) is 4.67. The Balaban J connectivity index is 2.46. The van der Waals surface area contributed by atoms with E-state index in [9.17, 15) is 0 Å². The molecule has 0 saturated carbocycles. The summed E-state index contributed by atoms with van der Waals surface area (Å²) in [5.74, 6) is 0.503. The molecule has 0 fully saturated rings. The molecule has 0 radical (unpaired) electrons. The lowest BCUT2D eigenvalue weighted by Crippen LogP contribution is -2.08. The van der Waals surface area contributed by atoms with Gasteiger partial charge in [0.15, 0.2) is 0 Å². The monoisotopic (exact) mass is 264 g/mol. The summed E-state index contributed by atoms with van der Waals surface area (Å²) >= 11 is 5.91. The largest absolute Gasteiger partial charge is 0.325 e. The molecule has 1 aromatic carbocycles. The second kappa shape index (κ2) is 5.50. The number of nitrogens with zero attached hydrogens (tertiary/aromatic N) is 3. The topological polar surface area (TPSA) is 56.7 Å². The van der Waals surface area contributed by atoms with Gasteiger partial charge >= 0.3 is 0 Å². The minimum absolute atomic E-state index is 0.385. The first-order valence-corrected chi connectivity index (χ1v) is 6.38. The van der Waals surface area contributed by atoms with Crippen molar-refractivity contribution in [2.45, 2.75) is 26.9 Å². The van der Waals surface area contributed by atoms with Gasteiger partial charge in [0, 0.05) is 23.7 Å². The Morgan fingerprint density at radius 3 is 2.50 bits per heavy atom. The lowest BCUT2D eigenvalue weighted by Gasteiger charge is -2.10. The molecule has 0 unspecified atom stereocenters. The SMILES string of the molecule is CC(C)Cn1nnc(CN)c1-c1ccc(Cl)cc1. The summed E-state index contributed by atoms with van der Waals surface area (Å²) in [5, 5.41) is 9.04. The number of hydrogen-bond donors (Lipinski definition) is 1. The predicted molar refractivity (Wildman–Crippen MR) is 73.2 cm³/mol. The van der Waals surface area contributed by atoms with Crippen LogP contribution in [0.2, 0.25) is 5.02 Å². The quantitative estimate of drug-likeness (QED) is 0.924. The van der Waals surface area contributed by atoms with Crippen LogP contribution in [0.15, 0.2) is 24.3 Å². The van der Waals surface area contributed by atoms with Gasteiger partial charge in [0.1, 0.15) is 5.69 Å². The van der Waals surface area contributed by atoms with E-state index in [2.05, 4.69) is 24.2 Å². The molecule has 18 heavy (non-hydrogen) atoms. The van der Waals surface area contributed by atoms with Crippen molar-refractivity contribution in [3.8, 4) is 11.3 Å². The standard InChI is InChI=1S/C13H17ClN4/c1-9(2)8-18-13(12(7-15)16-17-18)10-3-5-11(14)6-4-10/h3-6,9H,7-8,15H2,1-2H3. The van der Waals surface area contributed by atoms with Crippen LogP contribution in [-0.2, 0) is 13.1 Å². The lowest BCUT2D eigenvalue weighted by atomic mass is 10.1. The Hall–Kier alpha value is -1.39. The number of benzene rings is 1. The third-order valence-corrected chi connectivity index (χ3v) is 2.91. The van der Waals surface area contributed by atoms with Crippen LogP contribution in [0.3, 0.4) is 0 Å². The molecule has 0 spiro atoms. The third kappa shape index (κ3) is 2.71. The maximum Gasteiger partial charge on any atom is 0.104 e. The van der Waals surface area contributed by atoms with Crippen molar-refractivity contribution >= 4 is 11.6 Å². The molecule has 0 aliphatic heterocycles. The minimum atomic E-state index is 0.385. The molecule has 2 rings (SSSR count). The molecular formula is C13H17ClN4. The first-order valence-electron chi connectivity index (χ1n) is 6.00. The maximum atomic E-state index is 5.91. The van der Waals surface area contributed by atoms with Crippen LogP contribution in [-0.4, -0.2) is 15.0 Å². The van der Waals surface area contributed by atoms with E-state index < -0.39 is 0 Å². The third-order valence-electron chi connectivity index (χ3n) is 2.65. The highest BCUT2D eigenvalue weighted by Crippen LogP contribution is 2.24. The fraction of sp³-hybridized carbons (Fsp3) is 0.385. The van der Waals surface area contributed by atoms with Crippen molar-refractivity contribution in [2.24, 2.45) is 11.7 Å². The summed E-state index contributed by atoms with van der Waals surface area (Å²) in [7, 11) is 0. The van der Waals surface area contributed by atoms with E-state index in [0.717, 1.165) is 28.5 Å². The van der Waals surface area contributed by atoms with Gasteiger partial charge in [-0.1, -0.05) is 42.8 Å². The Morgan fingerprint density at radius 2 is 1.94 bits per heavy atom. The van der Waals surface area contributed by atoms with Crippen molar-refractivity contribution in [3.05, 3.63) is 35.0 Å². The number of halogens is 1. The van der Waals surface area contributed by atoms with E-state index >= 15 is 0 Å². The average molecular weight is 265 g/mol. The van der Waals surface area contributed by atoms with Crippen molar-refractivity contribution in [2.75, 3.05) is 0 Å². The number of aromatic nitrogens is 3. The van der Waals surface area contributed by atoms with Gasteiger partial charge in [-0.25, -0.2) is 4.68 Å². The molecule has 1 heterocycles. The summed E-state index contributed by atoms with van der Waals surface area (Å²) in [5.41, 5.74) is 8.57. The van der Waals surface area contributed by atoms with Gasteiger partial charge in [-0.15, -0.1) is 5.10 Å². The lowest BCUT2D eigenvalue weighted by molar-refractivity contribution is 0.475. The first kappa shape index (κ1) is 13.1. The molecule has 4 nitrogen and oxygen atoms in total. The van der Waals surface area contributed by atoms with Crippen molar-refractivity contribution in [1.29, 1.82) is 0 Å². The van der Waals surface area contributed by atoms with Crippen LogP contribution in [0.25, 0.3) is 11.3 Å². The van der Waals surface area contributed by atoms with Gasteiger partial charge in [0.05, 0.1) is 5.69 Å². The van der Waals surface area contributed by atoms with Crippen LogP contribution in [0.4, 0.5) is 0 Å². The Kier molecular flexibility index (Phi) is 3.99. The van der Waals surface area contributed by atoms with Crippen LogP contribution < -0.4 is 5.73 Å². The van der Waals surface area contributed by atoms with Gasteiger partial charge in [0.25, 0.3) is 0 Å². The zero-order valence-corrected chi connectivity index (χ0v) is 11.4. The molecule has 0 saturated heterocycles. The molecule has 0 atom stereocenters. The highest BCUT2D eigenvalue weighted by atomic mass is 35.5. The van der Waals surface area contributed by atoms with Gasteiger partial charge in [-0.3, -0.25) is 0 Å². The van der Waals surface area contributed by atoms with E-state index in [1.807, 2.05) is 28.9 Å². The molecule has 1 aromatic heterocycles. The number of nitrogens with two attached hydrogens (primary N) is 1. The van der Waals surface area contributed by atoms with Crippen LogP contribution >= 0.6 is 11.6 Å². The van der Waals surface area contributed by atoms with Crippen LogP contribution in [0.1, 0.15) is 19.5 Å². The summed E-state index contributed by atoms with van der Waals surface area (Å²) in [4.78, 5) is 0. The Bertz CT molecular complexity index is 516. The molecule has 96 valence electrons. The van der Waals surface area contributed by atoms with Gasteiger partial charge in [-0.2, -0.15) is 0 Å².